The average molecular weight is 313 g/mol. The number of para-hydroxylation sites is 2. The number of carbonyl (C=O) groups is 2. The van der Waals surface area contributed by atoms with Crippen molar-refractivity contribution in [2.75, 3.05) is 13.6 Å². The molecule has 3 rings (SSSR count). The summed E-state index contributed by atoms with van der Waals surface area (Å²) in [4.78, 5) is 32.4. The van der Waals surface area contributed by atoms with Crippen molar-refractivity contribution in [3.63, 3.8) is 0 Å². The predicted molar refractivity (Wildman–Crippen MR) is 81.6 cm³/mol. The van der Waals surface area contributed by atoms with E-state index in [9.17, 15) is 9.59 Å². The minimum atomic E-state index is -0.520. The van der Waals surface area contributed by atoms with Crippen molar-refractivity contribution in [3.05, 3.63) is 54.2 Å². The first-order valence-corrected chi connectivity index (χ1v) is 7.01. The second kappa shape index (κ2) is 6.35. The topological polar surface area (TPSA) is 88.4 Å². The zero-order valence-electron chi connectivity index (χ0n) is 12.5. The summed E-state index contributed by atoms with van der Waals surface area (Å²) in [6, 6.07) is 10.7. The minimum absolute atomic E-state index is 0.0241. The van der Waals surface area contributed by atoms with Crippen LogP contribution in [-0.2, 0) is 16.1 Å². The Hall–Kier alpha value is -3.09. The average Bonchev–Trinajstić information content (AvgIpc) is 3.21. The third-order valence-corrected chi connectivity index (χ3v) is 3.25. The molecule has 0 aliphatic heterocycles. The Morgan fingerprint density at radius 2 is 2.09 bits per heavy atom. The van der Waals surface area contributed by atoms with Gasteiger partial charge in [0.15, 0.2) is 5.76 Å². The molecule has 2 heterocycles. The second-order valence-corrected chi connectivity index (χ2v) is 5.00. The maximum absolute atomic E-state index is 11.9. The number of fused-ring (bicyclic) bond motifs is 1. The number of furan rings is 1. The van der Waals surface area contributed by atoms with Crippen LogP contribution in [0.25, 0.3) is 11.0 Å². The molecule has 1 N–H and O–H groups in total. The summed E-state index contributed by atoms with van der Waals surface area (Å²) >= 11 is 0. The second-order valence-electron chi connectivity index (χ2n) is 5.00. The van der Waals surface area contributed by atoms with Crippen molar-refractivity contribution in [3.8, 4) is 0 Å². The van der Waals surface area contributed by atoms with Gasteiger partial charge in [0.1, 0.15) is 19.0 Å². The van der Waals surface area contributed by atoms with E-state index in [1.807, 2.05) is 24.3 Å². The number of nitrogens with one attached hydrogen (secondary N) is 1. The first-order chi connectivity index (χ1) is 11.1. The summed E-state index contributed by atoms with van der Waals surface area (Å²) < 4.78 is 10.1. The molecule has 1 amide bonds. The number of hydrogen-bond donors (Lipinski definition) is 1. The molecule has 0 spiro atoms. The smallest absolute Gasteiger partial charge is 0.326 e. The van der Waals surface area contributed by atoms with Crippen LogP contribution in [0.5, 0.6) is 0 Å². The number of amides is 1. The number of carbonyl (C=O) groups excluding carboxylic acids is 2. The first-order valence-electron chi connectivity index (χ1n) is 7.01. The van der Waals surface area contributed by atoms with Gasteiger partial charge in [0.05, 0.1) is 17.3 Å². The van der Waals surface area contributed by atoms with Crippen LogP contribution in [0, 0.1) is 0 Å². The van der Waals surface area contributed by atoms with E-state index in [0.29, 0.717) is 5.82 Å². The largest absolute Gasteiger partial charge is 0.459 e. The van der Waals surface area contributed by atoms with Gasteiger partial charge >= 0.3 is 5.97 Å². The fourth-order valence-corrected chi connectivity index (χ4v) is 2.12. The molecule has 0 radical (unpaired) electrons. The van der Waals surface area contributed by atoms with Gasteiger partial charge < -0.3 is 19.0 Å². The SMILES string of the molecule is CN(CC(=O)OCc1nc2ccccc2[nH]1)C(=O)c1ccco1. The Labute approximate surface area is 131 Å². The van der Waals surface area contributed by atoms with Crippen LogP contribution in [-0.4, -0.2) is 40.3 Å². The van der Waals surface area contributed by atoms with Crippen molar-refractivity contribution in [2.45, 2.75) is 6.61 Å². The van der Waals surface area contributed by atoms with E-state index in [0.717, 1.165) is 11.0 Å². The first kappa shape index (κ1) is 14.8. The number of H-pyrrole nitrogens is 1. The van der Waals surface area contributed by atoms with Gasteiger partial charge in [0.25, 0.3) is 5.91 Å². The van der Waals surface area contributed by atoms with Gasteiger partial charge in [-0.05, 0) is 24.3 Å². The summed E-state index contributed by atoms with van der Waals surface area (Å²) in [7, 11) is 1.51. The Balaban J connectivity index is 1.54. The van der Waals surface area contributed by atoms with Crippen molar-refractivity contribution in [1.29, 1.82) is 0 Å². The Kier molecular flexibility index (Phi) is 4.09. The summed E-state index contributed by atoms with van der Waals surface area (Å²) in [5, 5.41) is 0. The number of likely N-dealkylation sites (N-methyl/N-ethyl adjacent to an activating group) is 1. The number of esters is 1. The lowest BCUT2D eigenvalue weighted by Crippen LogP contribution is -2.32. The quantitative estimate of drug-likeness (QED) is 0.728. The summed E-state index contributed by atoms with van der Waals surface area (Å²) in [6.45, 7) is -0.143. The normalized spacial score (nSPS) is 10.7. The Morgan fingerprint density at radius 3 is 2.83 bits per heavy atom. The highest BCUT2D eigenvalue weighted by atomic mass is 16.5. The van der Waals surface area contributed by atoms with Gasteiger partial charge in [0, 0.05) is 7.05 Å². The Morgan fingerprint density at radius 1 is 1.26 bits per heavy atom. The van der Waals surface area contributed by atoms with Crippen LogP contribution < -0.4 is 0 Å². The number of benzene rings is 1. The Bertz CT molecular complexity index is 790. The van der Waals surface area contributed by atoms with Crippen LogP contribution in [0.1, 0.15) is 16.4 Å². The lowest BCUT2D eigenvalue weighted by molar-refractivity contribution is -0.145. The predicted octanol–water partition coefficient (Wildman–Crippen LogP) is 1.97. The number of hydrogen-bond acceptors (Lipinski definition) is 5. The maximum atomic E-state index is 11.9. The van der Waals surface area contributed by atoms with Gasteiger partial charge in [-0.15, -0.1) is 0 Å². The maximum Gasteiger partial charge on any atom is 0.326 e. The summed E-state index contributed by atoms with van der Waals surface area (Å²) in [6.07, 6.45) is 1.40. The molecule has 118 valence electrons. The van der Waals surface area contributed by atoms with Gasteiger partial charge in [-0.1, -0.05) is 12.1 Å². The van der Waals surface area contributed by atoms with E-state index in [2.05, 4.69) is 9.97 Å². The molecule has 7 nitrogen and oxygen atoms in total. The highest BCUT2D eigenvalue weighted by Gasteiger charge is 2.18. The number of aromatic nitrogens is 2. The zero-order chi connectivity index (χ0) is 16.2. The van der Waals surface area contributed by atoms with Crippen LogP contribution in [0.4, 0.5) is 0 Å². The van der Waals surface area contributed by atoms with Gasteiger partial charge in [0.2, 0.25) is 0 Å². The molecule has 2 aromatic heterocycles. The van der Waals surface area contributed by atoms with Crippen LogP contribution in [0.2, 0.25) is 0 Å². The molecular weight excluding hydrogens is 298 g/mol. The molecular formula is C16H15N3O4. The standard InChI is InChI=1S/C16H15N3O4/c1-19(16(21)13-7-4-8-22-13)9-15(20)23-10-14-17-11-5-2-3-6-12(11)18-14/h2-8H,9-10H2,1H3,(H,17,18). The van der Waals surface area contributed by atoms with E-state index in [-0.39, 0.29) is 24.8 Å². The molecule has 0 bridgehead atoms. The number of ether oxygens (including phenoxy) is 1. The molecule has 0 aliphatic rings. The third kappa shape index (κ3) is 3.39. The molecule has 3 aromatic rings. The molecule has 0 fully saturated rings. The van der Waals surface area contributed by atoms with E-state index < -0.39 is 5.97 Å². The highest BCUT2D eigenvalue weighted by molar-refractivity contribution is 5.93. The van der Waals surface area contributed by atoms with Crippen molar-refractivity contribution in [2.24, 2.45) is 0 Å². The lowest BCUT2D eigenvalue weighted by atomic mass is 10.3. The number of rotatable bonds is 5. The third-order valence-electron chi connectivity index (χ3n) is 3.25. The fraction of sp³-hybridized carbons (Fsp3) is 0.188. The molecule has 23 heavy (non-hydrogen) atoms. The van der Waals surface area contributed by atoms with E-state index >= 15 is 0 Å². The molecule has 0 saturated carbocycles. The molecule has 7 heteroatoms. The van der Waals surface area contributed by atoms with Gasteiger partial charge in [-0.2, -0.15) is 0 Å². The minimum Gasteiger partial charge on any atom is -0.459 e. The van der Waals surface area contributed by atoms with Crippen LogP contribution in [0.15, 0.2) is 47.1 Å². The van der Waals surface area contributed by atoms with Crippen LogP contribution >= 0.6 is 0 Å². The van der Waals surface area contributed by atoms with Gasteiger partial charge in [-0.3, -0.25) is 9.59 Å². The summed E-state index contributed by atoms with van der Waals surface area (Å²) in [5.74, 6) is -0.166. The van der Waals surface area contributed by atoms with Crippen molar-refractivity contribution < 1.29 is 18.7 Å². The number of imidazole rings is 1. The lowest BCUT2D eigenvalue weighted by Gasteiger charge is -2.14. The molecule has 0 atom stereocenters. The van der Waals surface area contributed by atoms with Crippen LogP contribution in [0.3, 0.4) is 0 Å². The van der Waals surface area contributed by atoms with E-state index in [1.165, 1.54) is 18.2 Å². The molecule has 0 aliphatic carbocycles. The zero-order valence-corrected chi connectivity index (χ0v) is 12.5. The number of nitrogens with zero attached hydrogens (tertiary/aromatic N) is 2. The molecule has 0 saturated heterocycles. The van der Waals surface area contributed by atoms with Gasteiger partial charge in [-0.25, -0.2) is 4.98 Å². The van der Waals surface area contributed by atoms with Crippen molar-refractivity contribution >= 4 is 22.9 Å². The van der Waals surface area contributed by atoms with E-state index in [1.54, 1.807) is 12.1 Å². The number of aromatic amines is 1. The van der Waals surface area contributed by atoms with E-state index in [4.69, 9.17) is 9.15 Å². The molecule has 1 aromatic carbocycles. The summed E-state index contributed by atoms with van der Waals surface area (Å²) in [5.41, 5.74) is 1.69. The van der Waals surface area contributed by atoms with Crippen molar-refractivity contribution in [1.82, 2.24) is 14.9 Å². The monoisotopic (exact) mass is 313 g/mol. The fourth-order valence-electron chi connectivity index (χ4n) is 2.12. The highest BCUT2D eigenvalue weighted by Crippen LogP contribution is 2.11. The molecule has 0 unspecified atom stereocenters.